The van der Waals surface area contributed by atoms with Crippen molar-refractivity contribution in [1.29, 1.82) is 5.41 Å². The van der Waals surface area contributed by atoms with Gasteiger partial charge in [0.05, 0.1) is 30.7 Å². The Labute approximate surface area is 220 Å². The van der Waals surface area contributed by atoms with E-state index < -0.39 is 11.7 Å². The molecule has 1 amide bonds. The first-order valence-electron chi connectivity index (χ1n) is 12.1. The molecule has 196 valence electrons. The number of halogens is 1. The standard InChI is InChI=1S/C28H32FN3O4S/c1-28(2,3)36-27(33)32-16-24(15-22(32)18-34-17-19-7-4-8-20(29)13-19)35-23-10-5-9-21(14-23)31-26(30)25-11-6-12-37-25/h4-14,22,24H,15-18H2,1-3H3,(H2,30,31)/t22-,24+/m0/s1. The Morgan fingerprint density at radius 2 is 1.97 bits per heavy atom. The minimum Gasteiger partial charge on any atom is -0.488 e. The molecule has 2 N–H and O–H groups in total. The zero-order valence-electron chi connectivity index (χ0n) is 21.2. The molecule has 2 aromatic carbocycles. The number of rotatable bonds is 8. The van der Waals surface area contributed by atoms with Crippen molar-refractivity contribution in [3.05, 3.63) is 82.3 Å². The van der Waals surface area contributed by atoms with Crippen LogP contribution in [0, 0.1) is 11.2 Å². The van der Waals surface area contributed by atoms with E-state index in [1.54, 1.807) is 17.0 Å². The molecule has 0 bridgehead atoms. The van der Waals surface area contributed by atoms with Crippen molar-refractivity contribution < 1.29 is 23.4 Å². The third-order valence-electron chi connectivity index (χ3n) is 5.65. The summed E-state index contributed by atoms with van der Waals surface area (Å²) < 4.78 is 31.2. The number of amides is 1. The molecule has 4 rings (SSSR count). The van der Waals surface area contributed by atoms with E-state index in [9.17, 15) is 9.18 Å². The molecule has 0 spiro atoms. The summed E-state index contributed by atoms with van der Waals surface area (Å²) in [6.07, 6.45) is -0.120. The molecule has 37 heavy (non-hydrogen) atoms. The quantitative estimate of drug-likeness (QED) is 0.266. The number of nitrogens with zero attached hydrogens (tertiary/aromatic N) is 1. The number of amidine groups is 1. The number of ether oxygens (including phenoxy) is 3. The average Bonchev–Trinajstić information content (AvgIpc) is 3.49. The topological polar surface area (TPSA) is 83.9 Å². The highest BCUT2D eigenvalue weighted by Crippen LogP contribution is 2.27. The summed E-state index contributed by atoms with van der Waals surface area (Å²) in [5.74, 6) is 0.645. The number of thiophene rings is 1. The summed E-state index contributed by atoms with van der Waals surface area (Å²) >= 11 is 1.50. The molecular formula is C28H32FN3O4S. The highest BCUT2D eigenvalue weighted by atomic mass is 32.1. The van der Waals surface area contributed by atoms with Crippen molar-refractivity contribution in [2.24, 2.45) is 0 Å². The van der Waals surface area contributed by atoms with Crippen LogP contribution < -0.4 is 10.1 Å². The molecule has 1 aliphatic heterocycles. The van der Waals surface area contributed by atoms with E-state index in [2.05, 4.69) is 5.32 Å². The van der Waals surface area contributed by atoms with Gasteiger partial charge in [-0.05, 0) is 62.0 Å². The van der Waals surface area contributed by atoms with E-state index in [1.165, 1.54) is 23.5 Å². The van der Waals surface area contributed by atoms with Crippen LogP contribution in [0.25, 0.3) is 0 Å². The normalized spacial score (nSPS) is 17.5. The SMILES string of the molecule is CC(C)(C)OC(=O)N1C[C@H](Oc2cccc(NC(=N)c3cccs3)c2)C[C@H]1COCc1cccc(F)c1. The Morgan fingerprint density at radius 3 is 2.70 bits per heavy atom. The number of likely N-dealkylation sites (tertiary alicyclic amines) is 1. The Bertz CT molecular complexity index is 1210. The van der Waals surface area contributed by atoms with Crippen molar-refractivity contribution in [2.75, 3.05) is 18.5 Å². The lowest BCUT2D eigenvalue weighted by molar-refractivity contribution is 0.00829. The fourth-order valence-electron chi connectivity index (χ4n) is 4.07. The van der Waals surface area contributed by atoms with Gasteiger partial charge in [-0.15, -0.1) is 11.3 Å². The molecule has 7 nitrogen and oxygen atoms in total. The van der Waals surface area contributed by atoms with Crippen molar-refractivity contribution >= 4 is 29.0 Å². The maximum atomic E-state index is 13.5. The van der Waals surface area contributed by atoms with Gasteiger partial charge in [0, 0.05) is 18.2 Å². The van der Waals surface area contributed by atoms with Crippen molar-refractivity contribution in [1.82, 2.24) is 4.90 Å². The van der Waals surface area contributed by atoms with E-state index >= 15 is 0 Å². The smallest absolute Gasteiger partial charge is 0.410 e. The maximum Gasteiger partial charge on any atom is 0.410 e. The molecule has 2 atom stereocenters. The number of benzene rings is 2. The zero-order chi connectivity index (χ0) is 26.4. The first-order valence-corrected chi connectivity index (χ1v) is 13.0. The minimum absolute atomic E-state index is 0.242. The van der Waals surface area contributed by atoms with Gasteiger partial charge in [-0.3, -0.25) is 10.3 Å². The van der Waals surface area contributed by atoms with Gasteiger partial charge in [-0.2, -0.15) is 0 Å². The van der Waals surface area contributed by atoms with Crippen molar-refractivity contribution in [3.63, 3.8) is 0 Å². The lowest BCUT2D eigenvalue weighted by atomic mass is 10.2. The third-order valence-corrected chi connectivity index (χ3v) is 6.53. The van der Waals surface area contributed by atoms with Gasteiger partial charge in [0.1, 0.15) is 29.1 Å². The first-order chi connectivity index (χ1) is 17.7. The highest BCUT2D eigenvalue weighted by molar-refractivity contribution is 7.12. The summed E-state index contributed by atoms with van der Waals surface area (Å²) in [6.45, 7) is 6.36. The van der Waals surface area contributed by atoms with Gasteiger partial charge in [0.15, 0.2) is 0 Å². The number of carbonyl (C=O) groups is 1. The van der Waals surface area contributed by atoms with Crippen molar-refractivity contribution in [2.45, 2.75) is 51.5 Å². The summed E-state index contributed by atoms with van der Waals surface area (Å²) in [4.78, 5) is 15.4. The first kappa shape index (κ1) is 26.6. The maximum absolute atomic E-state index is 13.5. The lowest BCUT2D eigenvalue weighted by Crippen LogP contribution is -2.42. The summed E-state index contributed by atoms with van der Waals surface area (Å²) in [7, 11) is 0. The van der Waals surface area contributed by atoms with Crippen LogP contribution in [-0.2, 0) is 16.1 Å². The van der Waals surface area contributed by atoms with E-state index in [4.69, 9.17) is 19.6 Å². The molecule has 1 fully saturated rings. The van der Waals surface area contributed by atoms with Crippen LogP contribution in [0.15, 0.2) is 66.0 Å². The number of hydrogen-bond donors (Lipinski definition) is 2. The van der Waals surface area contributed by atoms with E-state index in [1.807, 2.05) is 62.5 Å². The molecule has 1 aliphatic rings. The van der Waals surface area contributed by atoms with Gasteiger partial charge in [-0.25, -0.2) is 9.18 Å². The number of hydrogen-bond acceptors (Lipinski definition) is 6. The number of carbonyl (C=O) groups excluding carboxylic acids is 1. The van der Waals surface area contributed by atoms with E-state index in [0.29, 0.717) is 24.6 Å². The fourth-order valence-corrected chi connectivity index (χ4v) is 4.70. The zero-order valence-corrected chi connectivity index (χ0v) is 22.0. The fraction of sp³-hybridized carbons (Fsp3) is 0.357. The molecular weight excluding hydrogens is 493 g/mol. The third kappa shape index (κ3) is 7.77. The lowest BCUT2D eigenvalue weighted by Gasteiger charge is -2.28. The van der Waals surface area contributed by atoms with Crippen molar-refractivity contribution in [3.8, 4) is 5.75 Å². The molecule has 2 heterocycles. The second-order valence-electron chi connectivity index (χ2n) is 9.91. The molecule has 0 aliphatic carbocycles. The molecule has 0 saturated carbocycles. The van der Waals surface area contributed by atoms with Gasteiger partial charge < -0.3 is 19.5 Å². The van der Waals surface area contributed by atoms with Crippen LogP contribution in [0.2, 0.25) is 0 Å². The largest absolute Gasteiger partial charge is 0.488 e. The molecule has 1 aromatic heterocycles. The van der Waals surface area contributed by atoms with Crippen LogP contribution in [0.1, 0.15) is 37.6 Å². The van der Waals surface area contributed by atoms with E-state index in [0.717, 1.165) is 16.1 Å². The Hall–Kier alpha value is -3.43. The van der Waals surface area contributed by atoms with Crippen LogP contribution in [-0.4, -0.2) is 47.7 Å². The minimum atomic E-state index is -0.629. The van der Waals surface area contributed by atoms with Crippen LogP contribution in [0.4, 0.5) is 14.9 Å². The highest BCUT2D eigenvalue weighted by Gasteiger charge is 2.39. The van der Waals surface area contributed by atoms with Gasteiger partial charge in [0.2, 0.25) is 0 Å². The van der Waals surface area contributed by atoms with Crippen LogP contribution in [0.3, 0.4) is 0 Å². The Morgan fingerprint density at radius 1 is 1.16 bits per heavy atom. The summed E-state index contributed by atoms with van der Waals surface area (Å²) in [5.41, 5.74) is 0.843. The second-order valence-corrected chi connectivity index (χ2v) is 10.9. The van der Waals surface area contributed by atoms with Gasteiger partial charge >= 0.3 is 6.09 Å². The number of anilines is 1. The summed E-state index contributed by atoms with van der Waals surface area (Å²) in [5, 5.41) is 13.3. The summed E-state index contributed by atoms with van der Waals surface area (Å²) in [6, 6.07) is 17.2. The monoisotopic (exact) mass is 525 g/mol. The Balaban J connectivity index is 1.40. The predicted molar refractivity (Wildman–Crippen MR) is 143 cm³/mol. The number of nitrogens with one attached hydrogen (secondary N) is 2. The predicted octanol–water partition coefficient (Wildman–Crippen LogP) is 6.30. The molecule has 1 saturated heterocycles. The van der Waals surface area contributed by atoms with Gasteiger partial charge in [-0.1, -0.05) is 24.3 Å². The molecule has 0 radical (unpaired) electrons. The van der Waals surface area contributed by atoms with Crippen LogP contribution in [0.5, 0.6) is 5.75 Å². The van der Waals surface area contributed by atoms with Crippen LogP contribution >= 0.6 is 11.3 Å². The Kier molecular flexibility index (Phi) is 8.45. The molecule has 3 aromatic rings. The molecule has 9 heteroatoms. The van der Waals surface area contributed by atoms with Gasteiger partial charge in [0.25, 0.3) is 0 Å². The van der Waals surface area contributed by atoms with E-state index in [-0.39, 0.29) is 31.2 Å². The average molecular weight is 526 g/mol. The second kappa shape index (κ2) is 11.7. The molecule has 0 unspecified atom stereocenters.